The van der Waals surface area contributed by atoms with E-state index in [0.717, 1.165) is 11.7 Å². The van der Waals surface area contributed by atoms with E-state index in [4.69, 9.17) is 4.74 Å². The van der Waals surface area contributed by atoms with Gasteiger partial charge in [0.2, 0.25) is 5.82 Å². The van der Waals surface area contributed by atoms with Crippen LogP contribution in [0.4, 0.5) is 18.0 Å². The van der Waals surface area contributed by atoms with Gasteiger partial charge in [-0.25, -0.2) is 14.3 Å². The van der Waals surface area contributed by atoms with E-state index in [-0.39, 0.29) is 6.03 Å². The molecule has 2 fully saturated rings. The third-order valence-electron chi connectivity index (χ3n) is 4.62. The van der Waals surface area contributed by atoms with Crippen LogP contribution in [0, 0.1) is 0 Å². The first-order chi connectivity index (χ1) is 11.8. The molecule has 0 bridgehead atoms. The number of rotatable bonds is 1. The predicted octanol–water partition coefficient (Wildman–Crippen LogP) is 0.690. The Bertz CT molecular complexity index is 685. The van der Waals surface area contributed by atoms with Crippen LogP contribution in [-0.2, 0) is 18.0 Å². The number of hydrogen-bond acceptors (Lipinski definition) is 4. The standard InChI is InChI=1S/C14H20F3N5O3/c1-19-11(14(15,16)17)18-22(12(19)23)10-2-4-20(5-3-10)13(24)21-6-8-25-9-7-21/h10H,2-9H2,1H3. The Morgan fingerprint density at radius 2 is 1.68 bits per heavy atom. The minimum Gasteiger partial charge on any atom is -0.378 e. The van der Waals surface area contributed by atoms with Gasteiger partial charge in [-0.2, -0.15) is 13.2 Å². The van der Waals surface area contributed by atoms with Gasteiger partial charge in [0.05, 0.1) is 19.3 Å². The molecule has 0 atom stereocenters. The minimum atomic E-state index is -4.67. The average molecular weight is 363 g/mol. The zero-order valence-electron chi connectivity index (χ0n) is 13.8. The van der Waals surface area contributed by atoms with E-state index in [1.54, 1.807) is 9.80 Å². The molecule has 0 aliphatic carbocycles. The molecule has 3 heterocycles. The molecule has 1 aromatic heterocycles. The number of morpholine rings is 1. The van der Waals surface area contributed by atoms with Crippen molar-refractivity contribution in [3.63, 3.8) is 0 Å². The van der Waals surface area contributed by atoms with Crippen LogP contribution in [0.2, 0.25) is 0 Å². The van der Waals surface area contributed by atoms with Gasteiger partial charge < -0.3 is 14.5 Å². The maximum Gasteiger partial charge on any atom is 0.451 e. The fourth-order valence-corrected chi connectivity index (χ4v) is 3.20. The maximum absolute atomic E-state index is 12.9. The van der Waals surface area contributed by atoms with Gasteiger partial charge in [-0.1, -0.05) is 0 Å². The van der Waals surface area contributed by atoms with Crippen LogP contribution in [0.1, 0.15) is 24.7 Å². The van der Waals surface area contributed by atoms with Gasteiger partial charge in [0.15, 0.2) is 0 Å². The quantitative estimate of drug-likeness (QED) is 0.736. The summed E-state index contributed by atoms with van der Waals surface area (Å²) in [5.74, 6) is -1.20. The first kappa shape index (κ1) is 17.8. The van der Waals surface area contributed by atoms with Crippen molar-refractivity contribution in [3.05, 3.63) is 16.3 Å². The number of amides is 2. The maximum atomic E-state index is 12.9. The number of ether oxygens (including phenoxy) is 1. The van der Waals surface area contributed by atoms with E-state index in [1.165, 1.54) is 0 Å². The molecular formula is C14H20F3N5O3. The van der Waals surface area contributed by atoms with Crippen LogP contribution >= 0.6 is 0 Å². The Morgan fingerprint density at radius 3 is 2.20 bits per heavy atom. The van der Waals surface area contributed by atoms with Crippen molar-refractivity contribution in [2.45, 2.75) is 25.1 Å². The highest BCUT2D eigenvalue weighted by Crippen LogP contribution is 2.28. The number of piperidine rings is 1. The molecule has 0 saturated carbocycles. The number of hydrogen-bond donors (Lipinski definition) is 0. The number of likely N-dealkylation sites (tertiary alicyclic amines) is 1. The summed E-state index contributed by atoms with van der Waals surface area (Å²) in [6.45, 7) is 2.84. The molecule has 140 valence electrons. The van der Waals surface area contributed by atoms with Gasteiger partial charge in [-0.05, 0) is 12.8 Å². The second-order valence-electron chi connectivity index (χ2n) is 6.21. The summed E-state index contributed by atoms with van der Waals surface area (Å²) in [5.41, 5.74) is -0.787. The molecule has 2 saturated heterocycles. The Balaban J connectivity index is 1.66. The molecule has 0 spiro atoms. The molecule has 2 aliphatic heterocycles. The third kappa shape index (κ3) is 3.51. The molecular weight excluding hydrogens is 343 g/mol. The molecule has 2 aliphatic rings. The number of nitrogens with zero attached hydrogens (tertiary/aromatic N) is 5. The van der Waals surface area contributed by atoms with Gasteiger partial charge in [0.1, 0.15) is 0 Å². The summed E-state index contributed by atoms with van der Waals surface area (Å²) in [5, 5.41) is 3.48. The Hall–Kier alpha value is -2.04. The molecule has 0 N–H and O–H groups in total. The highest BCUT2D eigenvalue weighted by molar-refractivity contribution is 5.74. The first-order valence-electron chi connectivity index (χ1n) is 8.13. The Labute approximate surface area is 141 Å². The molecule has 25 heavy (non-hydrogen) atoms. The van der Waals surface area contributed by atoms with Gasteiger partial charge in [0, 0.05) is 33.2 Å². The predicted molar refractivity (Wildman–Crippen MR) is 80.1 cm³/mol. The summed E-state index contributed by atoms with van der Waals surface area (Å²) in [4.78, 5) is 27.8. The highest BCUT2D eigenvalue weighted by atomic mass is 19.4. The minimum absolute atomic E-state index is 0.0916. The summed E-state index contributed by atoms with van der Waals surface area (Å²) in [7, 11) is 1.06. The Kier molecular flexibility index (Phi) is 4.76. The average Bonchev–Trinajstić information content (AvgIpc) is 2.91. The van der Waals surface area contributed by atoms with Crippen LogP contribution in [0.5, 0.6) is 0 Å². The zero-order chi connectivity index (χ0) is 18.2. The van der Waals surface area contributed by atoms with Crippen LogP contribution in [0.25, 0.3) is 0 Å². The van der Waals surface area contributed by atoms with E-state index in [0.29, 0.717) is 56.8 Å². The van der Waals surface area contributed by atoms with Crippen molar-refractivity contribution in [2.24, 2.45) is 7.05 Å². The Morgan fingerprint density at radius 1 is 1.12 bits per heavy atom. The third-order valence-corrected chi connectivity index (χ3v) is 4.62. The lowest BCUT2D eigenvalue weighted by atomic mass is 10.1. The van der Waals surface area contributed by atoms with E-state index in [1.807, 2.05) is 0 Å². The molecule has 0 radical (unpaired) electrons. The van der Waals surface area contributed by atoms with Gasteiger partial charge in [0.25, 0.3) is 0 Å². The zero-order valence-corrected chi connectivity index (χ0v) is 13.8. The molecule has 0 unspecified atom stereocenters. The van der Waals surface area contributed by atoms with Gasteiger partial charge in [-0.15, -0.1) is 5.10 Å². The molecule has 3 rings (SSSR count). The second kappa shape index (κ2) is 6.70. The molecule has 11 heteroatoms. The van der Waals surface area contributed by atoms with E-state index < -0.39 is 23.7 Å². The summed E-state index contributed by atoms with van der Waals surface area (Å²) >= 11 is 0. The van der Waals surface area contributed by atoms with E-state index >= 15 is 0 Å². The number of carbonyl (C=O) groups is 1. The molecule has 0 aromatic carbocycles. The van der Waals surface area contributed by atoms with E-state index in [9.17, 15) is 22.8 Å². The normalized spacial score (nSPS) is 20.2. The number of carbonyl (C=O) groups excluding carboxylic acids is 1. The summed E-state index contributed by atoms with van der Waals surface area (Å²) < 4.78 is 45.3. The van der Waals surface area contributed by atoms with Crippen molar-refractivity contribution < 1.29 is 22.7 Å². The largest absolute Gasteiger partial charge is 0.451 e. The molecule has 8 nitrogen and oxygen atoms in total. The van der Waals surface area contributed by atoms with Crippen molar-refractivity contribution >= 4 is 6.03 Å². The first-order valence-corrected chi connectivity index (χ1v) is 8.13. The highest BCUT2D eigenvalue weighted by Gasteiger charge is 2.39. The summed E-state index contributed by atoms with van der Waals surface area (Å²) in [6, 6.07) is -0.533. The summed E-state index contributed by atoms with van der Waals surface area (Å²) in [6.07, 6.45) is -3.89. The van der Waals surface area contributed by atoms with Gasteiger partial charge in [-0.3, -0.25) is 4.57 Å². The SMILES string of the molecule is Cn1c(C(F)(F)F)nn(C2CCN(C(=O)N3CCOCC3)CC2)c1=O. The number of alkyl halides is 3. The van der Waals surface area contributed by atoms with Crippen LogP contribution in [-0.4, -0.2) is 69.6 Å². The smallest absolute Gasteiger partial charge is 0.378 e. The van der Waals surface area contributed by atoms with Crippen molar-refractivity contribution in [1.82, 2.24) is 24.1 Å². The van der Waals surface area contributed by atoms with Crippen molar-refractivity contribution in [3.8, 4) is 0 Å². The van der Waals surface area contributed by atoms with Crippen LogP contribution in [0.15, 0.2) is 4.79 Å². The fourth-order valence-electron chi connectivity index (χ4n) is 3.20. The fraction of sp³-hybridized carbons (Fsp3) is 0.786. The lowest BCUT2D eigenvalue weighted by Crippen LogP contribution is -2.50. The number of halogens is 3. The van der Waals surface area contributed by atoms with Crippen molar-refractivity contribution in [1.29, 1.82) is 0 Å². The van der Waals surface area contributed by atoms with Crippen LogP contribution < -0.4 is 5.69 Å². The molecule has 2 amide bonds. The van der Waals surface area contributed by atoms with Crippen LogP contribution in [0.3, 0.4) is 0 Å². The van der Waals surface area contributed by atoms with E-state index in [2.05, 4.69) is 5.10 Å². The molecule has 1 aromatic rings. The second-order valence-corrected chi connectivity index (χ2v) is 6.21. The number of aromatic nitrogens is 3. The lowest BCUT2D eigenvalue weighted by Gasteiger charge is -2.36. The lowest BCUT2D eigenvalue weighted by molar-refractivity contribution is -0.147. The number of urea groups is 1. The monoisotopic (exact) mass is 363 g/mol. The van der Waals surface area contributed by atoms with Gasteiger partial charge >= 0.3 is 17.9 Å². The van der Waals surface area contributed by atoms with Crippen molar-refractivity contribution in [2.75, 3.05) is 39.4 Å². The topological polar surface area (TPSA) is 72.6 Å².